The highest BCUT2D eigenvalue weighted by Gasteiger charge is 2.30. The fourth-order valence-electron chi connectivity index (χ4n) is 4.79. The zero-order valence-corrected chi connectivity index (χ0v) is 20.0. The van der Waals surface area contributed by atoms with Crippen molar-refractivity contribution in [3.05, 3.63) is 77.9 Å². The van der Waals surface area contributed by atoms with Gasteiger partial charge in [-0.15, -0.1) is 0 Å². The normalized spacial score (nSPS) is 17.1. The molecule has 0 radical (unpaired) electrons. The zero-order valence-electron chi connectivity index (χ0n) is 20.0. The lowest BCUT2D eigenvalue weighted by Gasteiger charge is -2.32. The second kappa shape index (κ2) is 9.90. The van der Waals surface area contributed by atoms with E-state index in [2.05, 4.69) is 10.6 Å². The molecule has 1 aliphatic heterocycles. The highest BCUT2D eigenvalue weighted by atomic mass is 16.2. The van der Waals surface area contributed by atoms with Crippen LogP contribution in [0.1, 0.15) is 54.6 Å². The molecule has 6 heteroatoms. The van der Waals surface area contributed by atoms with Crippen LogP contribution >= 0.6 is 0 Å². The van der Waals surface area contributed by atoms with E-state index in [9.17, 15) is 14.4 Å². The molecule has 3 amide bonds. The van der Waals surface area contributed by atoms with Gasteiger partial charge in [-0.3, -0.25) is 14.4 Å². The highest BCUT2D eigenvalue weighted by molar-refractivity contribution is 6.07. The molecule has 2 aliphatic rings. The van der Waals surface area contributed by atoms with Gasteiger partial charge in [0.15, 0.2) is 0 Å². The summed E-state index contributed by atoms with van der Waals surface area (Å²) in [6.45, 7) is 3.11. The second-order valence-electron chi connectivity index (χ2n) is 9.71. The molecule has 6 nitrogen and oxygen atoms in total. The number of nitrogens with one attached hydrogen (secondary N) is 2. The average molecular weight is 470 g/mol. The molecule has 1 saturated heterocycles. The molecular weight excluding hydrogens is 438 g/mol. The van der Waals surface area contributed by atoms with Gasteiger partial charge in [-0.05, 0) is 67.1 Å². The van der Waals surface area contributed by atoms with Crippen LogP contribution < -0.4 is 10.6 Å². The van der Waals surface area contributed by atoms with E-state index in [1.165, 1.54) is 0 Å². The number of anilines is 1. The Labute approximate surface area is 205 Å². The van der Waals surface area contributed by atoms with Crippen LogP contribution in [-0.4, -0.2) is 35.7 Å². The molecule has 1 saturated carbocycles. The van der Waals surface area contributed by atoms with E-state index in [1.54, 1.807) is 0 Å². The third-order valence-electron chi connectivity index (χ3n) is 7.16. The van der Waals surface area contributed by atoms with Gasteiger partial charge in [0.05, 0.1) is 6.04 Å². The number of carbonyl (C=O) groups is 3. The molecule has 2 N–H and O–H groups in total. The van der Waals surface area contributed by atoms with Gasteiger partial charge < -0.3 is 15.5 Å². The van der Waals surface area contributed by atoms with Crippen LogP contribution in [0.2, 0.25) is 0 Å². The molecule has 1 atom stereocenters. The second-order valence-corrected chi connectivity index (χ2v) is 9.71. The summed E-state index contributed by atoms with van der Waals surface area (Å²) in [5.74, 6) is 0.209. The van der Waals surface area contributed by atoms with Crippen molar-refractivity contribution >= 4 is 34.2 Å². The van der Waals surface area contributed by atoms with Crippen LogP contribution in [0.15, 0.2) is 66.7 Å². The maximum Gasteiger partial charge on any atom is 0.254 e. The van der Waals surface area contributed by atoms with Gasteiger partial charge in [0.25, 0.3) is 5.91 Å². The molecule has 0 spiro atoms. The number of hydrogen-bond donors (Lipinski definition) is 2. The summed E-state index contributed by atoms with van der Waals surface area (Å²) in [5, 5.41) is 8.08. The molecule has 1 aliphatic carbocycles. The predicted octanol–water partition coefficient (Wildman–Crippen LogP) is 4.92. The van der Waals surface area contributed by atoms with E-state index in [1.807, 2.05) is 78.6 Å². The standard InChI is InChI=1S/C29H31N3O3/c1-19(20-11-13-24(14-12-20)31-28(34)22-9-10-22)30-27(33)23-15-17-32(18-16-23)29(35)26-8-4-6-21-5-2-3-7-25(21)26/h2-8,11-14,19,22-23H,9-10,15-18H2,1H3,(H,30,33)(H,31,34). The minimum absolute atomic E-state index is 0.0286. The number of nitrogens with zero attached hydrogens (tertiary/aromatic N) is 1. The number of benzene rings is 3. The fraction of sp³-hybridized carbons (Fsp3) is 0.345. The molecule has 35 heavy (non-hydrogen) atoms. The topological polar surface area (TPSA) is 78.5 Å². The molecular formula is C29H31N3O3. The zero-order chi connectivity index (χ0) is 24.4. The number of fused-ring (bicyclic) bond motifs is 1. The van der Waals surface area contributed by atoms with Gasteiger partial charge in [-0.2, -0.15) is 0 Å². The molecule has 3 aromatic rings. The minimum Gasteiger partial charge on any atom is -0.349 e. The summed E-state index contributed by atoms with van der Waals surface area (Å²) in [6, 6.07) is 21.3. The molecule has 1 unspecified atom stereocenters. The molecule has 0 bridgehead atoms. The molecule has 5 rings (SSSR count). The highest BCUT2D eigenvalue weighted by Crippen LogP contribution is 2.30. The summed E-state index contributed by atoms with van der Waals surface area (Å²) in [7, 11) is 0. The van der Waals surface area contributed by atoms with Gasteiger partial charge in [-0.1, -0.05) is 48.5 Å². The summed E-state index contributed by atoms with van der Waals surface area (Å²) in [4.78, 5) is 39.9. The summed E-state index contributed by atoms with van der Waals surface area (Å²) in [6.07, 6.45) is 3.26. The maximum absolute atomic E-state index is 13.2. The van der Waals surface area contributed by atoms with Gasteiger partial charge in [0, 0.05) is 36.2 Å². The van der Waals surface area contributed by atoms with Crippen molar-refractivity contribution in [1.82, 2.24) is 10.2 Å². The molecule has 2 fully saturated rings. The van der Waals surface area contributed by atoms with Crippen LogP contribution in [0.4, 0.5) is 5.69 Å². The Kier molecular flexibility index (Phi) is 6.53. The monoisotopic (exact) mass is 469 g/mol. The molecule has 3 aromatic carbocycles. The Morgan fingerprint density at radius 3 is 2.17 bits per heavy atom. The van der Waals surface area contributed by atoms with Gasteiger partial charge in [0.1, 0.15) is 0 Å². The quantitative estimate of drug-likeness (QED) is 0.538. The Hall–Kier alpha value is -3.67. The van der Waals surface area contributed by atoms with E-state index in [-0.39, 0.29) is 35.6 Å². The number of carbonyl (C=O) groups excluding carboxylic acids is 3. The van der Waals surface area contributed by atoms with Gasteiger partial charge in [0.2, 0.25) is 11.8 Å². The Bertz CT molecular complexity index is 1240. The Balaban J connectivity index is 1.14. The maximum atomic E-state index is 13.2. The number of amides is 3. The van der Waals surface area contributed by atoms with E-state index in [0.717, 1.165) is 40.4 Å². The minimum atomic E-state index is -0.133. The van der Waals surface area contributed by atoms with E-state index in [4.69, 9.17) is 0 Å². The molecule has 1 heterocycles. The third-order valence-corrected chi connectivity index (χ3v) is 7.16. The van der Waals surface area contributed by atoms with Crippen molar-refractivity contribution in [2.24, 2.45) is 11.8 Å². The lowest BCUT2D eigenvalue weighted by molar-refractivity contribution is -0.127. The predicted molar refractivity (Wildman–Crippen MR) is 137 cm³/mol. The fourth-order valence-corrected chi connectivity index (χ4v) is 4.79. The lowest BCUT2D eigenvalue weighted by atomic mass is 9.94. The van der Waals surface area contributed by atoms with Crippen molar-refractivity contribution in [2.75, 3.05) is 18.4 Å². The lowest BCUT2D eigenvalue weighted by Crippen LogP contribution is -2.43. The van der Waals surface area contributed by atoms with E-state index >= 15 is 0 Å². The number of piperidine rings is 1. The Morgan fingerprint density at radius 1 is 0.800 bits per heavy atom. The van der Waals surface area contributed by atoms with Crippen LogP contribution in [0.25, 0.3) is 10.8 Å². The first kappa shape index (κ1) is 23.1. The van der Waals surface area contributed by atoms with Crippen LogP contribution in [0.5, 0.6) is 0 Å². The largest absolute Gasteiger partial charge is 0.349 e. The SMILES string of the molecule is CC(NC(=O)C1CCN(C(=O)c2cccc3ccccc23)CC1)c1ccc(NC(=O)C2CC2)cc1. The van der Waals surface area contributed by atoms with Crippen molar-refractivity contribution in [2.45, 2.75) is 38.6 Å². The number of rotatable bonds is 6. The smallest absolute Gasteiger partial charge is 0.254 e. The first-order valence-electron chi connectivity index (χ1n) is 12.5. The average Bonchev–Trinajstić information content (AvgIpc) is 3.74. The van der Waals surface area contributed by atoms with Crippen LogP contribution in [-0.2, 0) is 9.59 Å². The van der Waals surface area contributed by atoms with Crippen molar-refractivity contribution in [3.63, 3.8) is 0 Å². The first-order chi connectivity index (χ1) is 17.0. The van der Waals surface area contributed by atoms with E-state index < -0.39 is 0 Å². The van der Waals surface area contributed by atoms with Crippen molar-refractivity contribution in [3.8, 4) is 0 Å². The Morgan fingerprint density at radius 2 is 1.46 bits per heavy atom. The van der Waals surface area contributed by atoms with Crippen LogP contribution in [0.3, 0.4) is 0 Å². The number of likely N-dealkylation sites (tertiary alicyclic amines) is 1. The third kappa shape index (κ3) is 5.21. The summed E-state index contributed by atoms with van der Waals surface area (Å²) in [5.41, 5.74) is 2.50. The molecule has 180 valence electrons. The van der Waals surface area contributed by atoms with Gasteiger partial charge >= 0.3 is 0 Å². The summed E-state index contributed by atoms with van der Waals surface area (Å²) >= 11 is 0. The number of hydrogen-bond acceptors (Lipinski definition) is 3. The van der Waals surface area contributed by atoms with Crippen molar-refractivity contribution in [1.29, 1.82) is 0 Å². The molecule has 0 aromatic heterocycles. The van der Waals surface area contributed by atoms with Gasteiger partial charge in [-0.25, -0.2) is 0 Å². The van der Waals surface area contributed by atoms with E-state index in [0.29, 0.717) is 25.9 Å². The first-order valence-corrected chi connectivity index (χ1v) is 12.5. The van der Waals surface area contributed by atoms with Crippen molar-refractivity contribution < 1.29 is 14.4 Å². The summed E-state index contributed by atoms with van der Waals surface area (Å²) < 4.78 is 0. The van der Waals surface area contributed by atoms with Crippen LogP contribution in [0, 0.1) is 11.8 Å².